The minimum absolute atomic E-state index is 0.250. The van der Waals surface area contributed by atoms with E-state index in [2.05, 4.69) is 35.2 Å². The van der Waals surface area contributed by atoms with Crippen molar-refractivity contribution < 1.29 is 17.2 Å². The molecule has 0 radical (unpaired) electrons. The van der Waals surface area contributed by atoms with E-state index in [0.29, 0.717) is 6.54 Å². The lowest BCUT2D eigenvalue weighted by Gasteiger charge is -2.35. The summed E-state index contributed by atoms with van der Waals surface area (Å²) in [4.78, 5) is 1.96. The smallest absolute Gasteiger partial charge is 0.294 e. The highest BCUT2D eigenvalue weighted by Gasteiger charge is 2.28. The van der Waals surface area contributed by atoms with Crippen molar-refractivity contribution >= 4 is 9.84 Å². The van der Waals surface area contributed by atoms with Gasteiger partial charge < -0.3 is 0 Å². The van der Waals surface area contributed by atoms with Gasteiger partial charge >= 0.3 is 5.76 Å². The maximum atomic E-state index is 12.7. The van der Waals surface area contributed by atoms with Crippen LogP contribution in [0.15, 0.2) is 83.8 Å². The summed E-state index contributed by atoms with van der Waals surface area (Å²) in [5, 5.41) is 0. The first-order valence-corrected chi connectivity index (χ1v) is 11.0. The fourth-order valence-electron chi connectivity index (χ4n) is 3.92. The minimum atomic E-state index is -4.56. The molecular formula is C23H21F2NO2S. The SMILES string of the molecule is O=S(=O)(c1ccc(CN2Cc3ccccc3C(c3ccccc3)C2)cc1)C(F)F. The van der Waals surface area contributed by atoms with Crippen molar-refractivity contribution in [3.05, 3.63) is 101 Å². The second-order valence-electron chi connectivity index (χ2n) is 7.28. The van der Waals surface area contributed by atoms with Crippen LogP contribution in [0.2, 0.25) is 0 Å². The van der Waals surface area contributed by atoms with Crippen molar-refractivity contribution in [2.45, 2.75) is 29.7 Å². The summed E-state index contributed by atoms with van der Waals surface area (Å²) >= 11 is 0. The Bertz CT molecular complexity index is 1080. The third-order valence-electron chi connectivity index (χ3n) is 5.36. The van der Waals surface area contributed by atoms with E-state index >= 15 is 0 Å². The van der Waals surface area contributed by atoms with Gasteiger partial charge in [-0.15, -0.1) is 0 Å². The summed E-state index contributed by atoms with van der Waals surface area (Å²) in [6.45, 7) is 2.24. The number of benzene rings is 3. The molecule has 4 rings (SSSR count). The molecule has 3 aromatic carbocycles. The van der Waals surface area contributed by atoms with Crippen LogP contribution in [0.25, 0.3) is 0 Å². The van der Waals surface area contributed by atoms with Gasteiger partial charge in [0.05, 0.1) is 4.90 Å². The Morgan fingerprint density at radius 1 is 0.897 bits per heavy atom. The van der Waals surface area contributed by atoms with Gasteiger partial charge in [-0.2, -0.15) is 8.78 Å². The zero-order valence-electron chi connectivity index (χ0n) is 15.7. The van der Waals surface area contributed by atoms with Crippen LogP contribution >= 0.6 is 0 Å². The standard InChI is InChI=1S/C23H21F2NO2S/c24-23(25)29(27,28)20-12-10-17(11-13-20)14-26-15-19-8-4-5-9-21(19)22(16-26)18-6-2-1-3-7-18/h1-13,22-23H,14-16H2. The van der Waals surface area contributed by atoms with Gasteiger partial charge in [0, 0.05) is 25.6 Å². The average Bonchev–Trinajstić information content (AvgIpc) is 2.74. The van der Waals surface area contributed by atoms with Crippen LogP contribution in [0.3, 0.4) is 0 Å². The van der Waals surface area contributed by atoms with E-state index in [0.717, 1.165) is 18.7 Å². The second kappa shape index (κ2) is 8.05. The van der Waals surface area contributed by atoms with Crippen LogP contribution in [0.5, 0.6) is 0 Å². The van der Waals surface area contributed by atoms with Gasteiger partial charge in [-0.25, -0.2) is 8.42 Å². The van der Waals surface area contributed by atoms with E-state index in [-0.39, 0.29) is 10.8 Å². The van der Waals surface area contributed by atoms with Crippen molar-refractivity contribution in [2.24, 2.45) is 0 Å². The summed E-state index contributed by atoms with van der Waals surface area (Å²) < 4.78 is 48.7. The summed E-state index contributed by atoms with van der Waals surface area (Å²) in [6.07, 6.45) is 0. The average molecular weight is 413 g/mol. The van der Waals surface area contributed by atoms with Gasteiger partial charge in [0.15, 0.2) is 0 Å². The third-order valence-corrected chi connectivity index (χ3v) is 6.76. The lowest BCUT2D eigenvalue weighted by molar-refractivity contribution is 0.231. The Kier molecular flexibility index (Phi) is 5.48. The van der Waals surface area contributed by atoms with Gasteiger partial charge in [0.25, 0.3) is 0 Å². The predicted molar refractivity (Wildman–Crippen MR) is 108 cm³/mol. The molecule has 1 aliphatic rings. The first kappa shape index (κ1) is 19.7. The highest BCUT2D eigenvalue weighted by molar-refractivity contribution is 7.91. The van der Waals surface area contributed by atoms with Gasteiger partial charge in [-0.3, -0.25) is 4.90 Å². The van der Waals surface area contributed by atoms with Crippen LogP contribution in [0.1, 0.15) is 28.2 Å². The maximum Gasteiger partial charge on any atom is 0.341 e. The summed E-state index contributed by atoms with van der Waals surface area (Å²) in [5.74, 6) is -3.15. The first-order valence-electron chi connectivity index (χ1n) is 9.41. The van der Waals surface area contributed by atoms with E-state index < -0.39 is 15.6 Å². The van der Waals surface area contributed by atoms with Crippen molar-refractivity contribution in [2.75, 3.05) is 6.54 Å². The van der Waals surface area contributed by atoms with E-state index in [9.17, 15) is 17.2 Å². The molecule has 0 aliphatic carbocycles. The molecule has 1 unspecified atom stereocenters. The molecular weight excluding hydrogens is 392 g/mol. The van der Waals surface area contributed by atoms with E-state index in [1.165, 1.54) is 28.8 Å². The Labute approximate surface area is 169 Å². The number of sulfone groups is 1. The molecule has 1 aliphatic heterocycles. The summed E-state index contributed by atoms with van der Waals surface area (Å²) in [7, 11) is -4.56. The van der Waals surface area contributed by atoms with Crippen molar-refractivity contribution in [3.8, 4) is 0 Å². The zero-order valence-corrected chi connectivity index (χ0v) is 16.5. The minimum Gasteiger partial charge on any atom is -0.294 e. The molecule has 0 amide bonds. The Hall–Kier alpha value is -2.57. The van der Waals surface area contributed by atoms with Gasteiger partial charge in [0.2, 0.25) is 9.84 Å². The number of rotatable bonds is 5. The molecule has 0 bridgehead atoms. The normalized spacial score (nSPS) is 17.3. The number of hydrogen-bond acceptors (Lipinski definition) is 3. The van der Waals surface area contributed by atoms with Crippen LogP contribution in [0, 0.1) is 0 Å². The molecule has 1 atom stereocenters. The van der Waals surface area contributed by atoms with Gasteiger partial charge in [-0.1, -0.05) is 66.7 Å². The highest BCUT2D eigenvalue weighted by Crippen LogP contribution is 2.34. The number of fused-ring (bicyclic) bond motifs is 1. The number of halogens is 2. The second-order valence-corrected chi connectivity index (χ2v) is 9.20. The molecule has 3 nitrogen and oxygen atoms in total. The molecule has 0 aromatic heterocycles. The fourth-order valence-corrected chi connectivity index (χ4v) is 4.64. The summed E-state index contributed by atoms with van der Waals surface area (Å²) in [6, 6.07) is 24.5. The van der Waals surface area contributed by atoms with E-state index in [4.69, 9.17) is 0 Å². The van der Waals surface area contributed by atoms with Crippen LogP contribution < -0.4 is 0 Å². The topological polar surface area (TPSA) is 37.4 Å². The quantitative estimate of drug-likeness (QED) is 0.601. The maximum absolute atomic E-state index is 12.7. The predicted octanol–water partition coefficient (Wildman–Crippen LogP) is 4.83. The fraction of sp³-hybridized carbons (Fsp3) is 0.217. The molecule has 0 N–H and O–H groups in total. The first-order chi connectivity index (χ1) is 13.9. The number of hydrogen-bond donors (Lipinski definition) is 0. The van der Waals surface area contributed by atoms with Crippen LogP contribution in [-0.2, 0) is 22.9 Å². The molecule has 0 saturated heterocycles. The lowest BCUT2D eigenvalue weighted by atomic mass is 9.84. The number of alkyl halides is 2. The molecule has 150 valence electrons. The molecule has 0 saturated carbocycles. The summed E-state index contributed by atoms with van der Waals surface area (Å²) in [5.41, 5.74) is 4.74. The Morgan fingerprint density at radius 3 is 2.24 bits per heavy atom. The molecule has 29 heavy (non-hydrogen) atoms. The Morgan fingerprint density at radius 2 is 1.55 bits per heavy atom. The van der Waals surface area contributed by atoms with Crippen LogP contribution in [-0.4, -0.2) is 25.6 Å². The zero-order chi connectivity index (χ0) is 20.4. The van der Waals surface area contributed by atoms with Gasteiger partial charge in [-0.05, 0) is 34.4 Å². The van der Waals surface area contributed by atoms with Crippen molar-refractivity contribution in [1.82, 2.24) is 4.90 Å². The molecule has 0 spiro atoms. The number of nitrogens with zero attached hydrogens (tertiary/aromatic N) is 1. The van der Waals surface area contributed by atoms with Gasteiger partial charge in [0.1, 0.15) is 0 Å². The molecule has 3 aromatic rings. The Balaban J connectivity index is 1.57. The highest BCUT2D eigenvalue weighted by atomic mass is 32.2. The largest absolute Gasteiger partial charge is 0.341 e. The van der Waals surface area contributed by atoms with Crippen molar-refractivity contribution in [1.29, 1.82) is 0 Å². The van der Waals surface area contributed by atoms with E-state index in [1.54, 1.807) is 12.1 Å². The van der Waals surface area contributed by atoms with Crippen molar-refractivity contribution in [3.63, 3.8) is 0 Å². The molecule has 0 fully saturated rings. The lowest BCUT2D eigenvalue weighted by Crippen LogP contribution is -2.33. The third kappa shape index (κ3) is 4.09. The molecule has 1 heterocycles. The molecule has 6 heteroatoms. The van der Waals surface area contributed by atoms with E-state index in [1.807, 2.05) is 24.3 Å². The monoisotopic (exact) mass is 413 g/mol. The van der Waals surface area contributed by atoms with Crippen LogP contribution in [0.4, 0.5) is 8.78 Å².